The Morgan fingerprint density at radius 3 is 2.08 bits per heavy atom. The van der Waals surface area contributed by atoms with Gasteiger partial charge in [-0.25, -0.2) is 0 Å². The van der Waals surface area contributed by atoms with Crippen LogP contribution in [0.15, 0.2) is 0 Å². The molecule has 1 aliphatic rings. The molecule has 234 valence electrons. The average Bonchev–Trinajstić information content (AvgIpc) is 3.03. The van der Waals surface area contributed by atoms with E-state index in [4.69, 9.17) is 20.9 Å². The van der Waals surface area contributed by atoms with Gasteiger partial charge >= 0.3 is 11.9 Å². The lowest BCUT2D eigenvalue weighted by Crippen LogP contribution is -2.57. The maximum Gasteiger partial charge on any atom is 0.317 e. The Labute approximate surface area is 238 Å². The van der Waals surface area contributed by atoms with E-state index in [0.717, 1.165) is 58.3 Å². The molecule has 1 fully saturated rings. The number of nitrogens with one attached hydrogen (secondary N) is 2. The Morgan fingerprint density at radius 2 is 1.50 bits per heavy atom. The van der Waals surface area contributed by atoms with E-state index in [1.54, 1.807) is 7.05 Å². The number of nitrogens with two attached hydrogens (primary N) is 2. The Hall–Kier alpha value is -1.91. The summed E-state index contributed by atoms with van der Waals surface area (Å²) in [5.74, 6) is -2.22. The highest BCUT2D eigenvalue weighted by molar-refractivity contribution is 5.79. The van der Waals surface area contributed by atoms with Crippen molar-refractivity contribution in [1.82, 2.24) is 25.3 Å². The monoisotopic (exact) mass is 575 g/mol. The first-order valence-corrected chi connectivity index (χ1v) is 14.2. The van der Waals surface area contributed by atoms with Crippen LogP contribution in [0, 0.1) is 0 Å². The number of carboxylic acid groups (broad SMARTS) is 2. The molecule has 1 aliphatic heterocycles. The molecule has 0 saturated carbocycles. The molecule has 1 unspecified atom stereocenters. The van der Waals surface area contributed by atoms with E-state index in [1.807, 2.05) is 16.7 Å². The van der Waals surface area contributed by atoms with Gasteiger partial charge < -0.3 is 36.1 Å². The van der Waals surface area contributed by atoms with Crippen molar-refractivity contribution in [1.29, 1.82) is 0 Å². The summed E-state index contributed by atoms with van der Waals surface area (Å²) in [7, 11) is 1.79. The van der Waals surface area contributed by atoms with Crippen LogP contribution in [0.25, 0.3) is 0 Å². The van der Waals surface area contributed by atoms with Crippen LogP contribution < -0.4 is 22.1 Å². The largest absolute Gasteiger partial charge is 0.480 e. The number of unbranched alkanes of at least 4 members (excludes halogenated alkanes) is 3. The molecule has 0 radical (unpaired) electrons. The average molecular weight is 576 g/mol. The molecule has 0 aromatic heterocycles. The molecule has 0 aromatic carbocycles. The lowest BCUT2D eigenvalue weighted by molar-refractivity contribution is -0.141. The second-order valence-corrected chi connectivity index (χ2v) is 10.8. The topological polar surface area (TPSA) is 196 Å². The molecule has 0 aromatic rings. The van der Waals surface area contributed by atoms with E-state index in [2.05, 4.69) is 15.5 Å². The van der Waals surface area contributed by atoms with Crippen LogP contribution >= 0.6 is 0 Å². The van der Waals surface area contributed by atoms with E-state index in [1.165, 1.54) is 0 Å². The second kappa shape index (κ2) is 20.9. The minimum Gasteiger partial charge on any atom is -0.480 e. The summed E-state index contributed by atoms with van der Waals surface area (Å²) >= 11 is 0. The number of primary amides is 1. The maximum absolute atomic E-state index is 11.3. The summed E-state index contributed by atoms with van der Waals surface area (Å²) in [4.78, 5) is 39.5. The van der Waals surface area contributed by atoms with E-state index in [0.29, 0.717) is 52.7 Å². The van der Waals surface area contributed by atoms with E-state index in [9.17, 15) is 24.6 Å². The predicted molar refractivity (Wildman–Crippen MR) is 152 cm³/mol. The molecule has 14 heteroatoms. The summed E-state index contributed by atoms with van der Waals surface area (Å²) in [5.41, 5.74) is 10.3. The van der Waals surface area contributed by atoms with Crippen molar-refractivity contribution in [3.8, 4) is 0 Å². The quantitative estimate of drug-likeness (QED) is 0.0590. The van der Waals surface area contributed by atoms with Gasteiger partial charge in [-0.3, -0.25) is 34.8 Å². The fourth-order valence-corrected chi connectivity index (χ4v) is 4.68. The summed E-state index contributed by atoms with van der Waals surface area (Å²) < 4.78 is 11.0. The van der Waals surface area contributed by atoms with Gasteiger partial charge in [0, 0.05) is 31.7 Å². The van der Waals surface area contributed by atoms with Crippen molar-refractivity contribution < 1.29 is 34.1 Å². The van der Waals surface area contributed by atoms with Gasteiger partial charge in [-0.1, -0.05) is 12.8 Å². The summed E-state index contributed by atoms with van der Waals surface area (Å²) in [5, 5.41) is 25.0. The fraction of sp³-hybridized carbons (Fsp3) is 0.885. The Bertz CT molecular complexity index is 734. The number of likely N-dealkylation sites (N-methyl/N-ethyl adjacent to an activating group) is 1. The standard InChI is InChI=1S/C26H53N7O7/c1-26(31(2)16-23(34)35)18-32(12-13-33(19-26)17-24(36)37)11-7-3-5-9-29-20-39-14-15-40-21-30-10-6-4-8-22(27)25(28)38/h22,29-30H,3-21,27H2,1-2H3,(H2,28,38)(H,34,35)(H,36,37)/t22-,26?/m0/s1. The van der Waals surface area contributed by atoms with Crippen LogP contribution in [0.4, 0.5) is 0 Å². The predicted octanol–water partition coefficient (Wildman–Crippen LogP) is -1.26. The maximum atomic E-state index is 11.3. The first-order chi connectivity index (χ1) is 19.0. The number of amides is 1. The smallest absolute Gasteiger partial charge is 0.317 e. The van der Waals surface area contributed by atoms with Crippen LogP contribution in [0.5, 0.6) is 0 Å². The molecule has 1 amide bonds. The van der Waals surface area contributed by atoms with Crippen molar-refractivity contribution in [2.45, 2.75) is 57.0 Å². The van der Waals surface area contributed by atoms with Crippen LogP contribution in [-0.2, 0) is 23.9 Å². The second-order valence-electron chi connectivity index (χ2n) is 10.8. The van der Waals surface area contributed by atoms with Gasteiger partial charge in [0.05, 0.1) is 45.8 Å². The zero-order valence-corrected chi connectivity index (χ0v) is 24.4. The molecule has 40 heavy (non-hydrogen) atoms. The van der Waals surface area contributed by atoms with Crippen molar-refractivity contribution in [3.05, 3.63) is 0 Å². The summed E-state index contributed by atoms with van der Waals surface area (Å²) in [6.07, 6.45) is 5.41. The number of carbonyl (C=O) groups is 3. The van der Waals surface area contributed by atoms with Crippen LogP contribution in [-0.4, -0.2) is 147 Å². The van der Waals surface area contributed by atoms with Crippen molar-refractivity contribution in [3.63, 3.8) is 0 Å². The van der Waals surface area contributed by atoms with Crippen LogP contribution in [0.2, 0.25) is 0 Å². The van der Waals surface area contributed by atoms with Crippen molar-refractivity contribution in [2.24, 2.45) is 11.5 Å². The van der Waals surface area contributed by atoms with Gasteiger partial charge in [0.1, 0.15) is 0 Å². The molecule has 1 saturated heterocycles. The Balaban J connectivity index is 2.09. The van der Waals surface area contributed by atoms with Crippen molar-refractivity contribution in [2.75, 3.05) is 92.6 Å². The summed E-state index contributed by atoms with van der Waals surface area (Å²) in [6, 6.07) is -0.566. The molecule has 0 aliphatic carbocycles. The number of hydrogen-bond donors (Lipinski definition) is 6. The Morgan fingerprint density at radius 1 is 0.925 bits per heavy atom. The van der Waals surface area contributed by atoms with Gasteiger partial charge in [-0.2, -0.15) is 0 Å². The normalized spacial score (nSPS) is 19.5. The highest BCUT2D eigenvalue weighted by atomic mass is 16.5. The van der Waals surface area contributed by atoms with Gasteiger partial charge in [-0.15, -0.1) is 0 Å². The number of nitrogens with zero attached hydrogens (tertiary/aromatic N) is 3. The third kappa shape index (κ3) is 17.0. The number of aliphatic carboxylic acids is 2. The number of ether oxygens (including phenoxy) is 2. The van der Waals surface area contributed by atoms with Crippen LogP contribution in [0.3, 0.4) is 0 Å². The fourth-order valence-electron chi connectivity index (χ4n) is 4.68. The van der Waals surface area contributed by atoms with Gasteiger partial charge in [0.25, 0.3) is 0 Å². The molecule has 0 bridgehead atoms. The SMILES string of the molecule is CN(CC(=O)O)C1(C)CN(CCCCCNCOCCOCNCCCC[C@H](N)C(N)=O)CCN(CC(=O)O)C1. The highest BCUT2D eigenvalue weighted by Gasteiger charge is 2.37. The molecular formula is C26H53N7O7. The van der Waals surface area contributed by atoms with E-state index >= 15 is 0 Å². The lowest BCUT2D eigenvalue weighted by Gasteiger charge is -2.41. The summed E-state index contributed by atoms with van der Waals surface area (Å²) in [6.45, 7) is 8.96. The molecule has 2 atom stereocenters. The molecule has 0 spiro atoms. The lowest BCUT2D eigenvalue weighted by atomic mass is 9.98. The molecule has 1 rings (SSSR count). The minimum absolute atomic E-state index is 0.0438. The zero-order valence-electron chi connectivity index (χ0n) is 24.4. The van der Waals surface area contributed by atoms with Gasteiger partial charge in [0.15, 0.2) is 0 Å². The third-order valence-electron chi connectivity index (χ3n) is 7.11. The van der Waals surface area contributed by atoms with Gasteiger partial charge in [0.2, 0.25) is 5.91 Å². The number of carbonyl (C=O) groups excluding carboxylic acids is 1. The zero-order chi connectivity index (χ0) is 29.8. The van der Waals surface area contributed by atoms with Crippen molar-refractivity contribution >= 4 is 17.8 Å². The first kappa shape index (κ1) is 36.1. The molecular weight excluding hydrogens is 522 g/mol. The number of rotatable bonds is 24. The molecule has 1 heterocycles. The molecule has 8 N–H and O–H groups in total. The molecule has 14 nitrogen and oxygen atoms in total. The van der Waals surface area contributed by atoms with Crippen LogP contribution in [0.1, 0.15) is 45.4 Å². The minimum atomic E-state index is -0.891. The van der Waals surface area contributed by atoms with E-state index < -0.39 is 29.4 Å². The van der Waals surface area contributed by atoms with Gasteiger partial charge in [-0.05, 0) is 59.3 Å². The number of hydrogen-bond acceptors (Lipinski definition) is 11. The third-order valence-corrected chi connectivity index (χ3v) is 7.11. The van der Waals surface area contributed by atoms with E-state index in [-0.39, 0.29) is 13.1 Å². The highest BCUT2D eigenvalue weighted by Crippen LogP contribution is 2.21. The number of carboxylic acids is 2. The first-order valence-electron chi connectivity index (χ1n) is 14.2. The Kier molecular flexibility index (Phi) is 18.9.